The fraction of sp³-hybridized carbons (Fsp3) is 0.533. The van der Waals surface area contributed by atoms with Crippen molar-refractivity contribution >= 4 is 0 Å². The van der Waals surface area contributed by atoms with Gasteiger partial charge in [0.2, 0.25) is 0 Å². The molecule has 0 saturated heterocycles. The van der Waals surface area contributed by atoms with Crippen LogP contribution in [0, 0.1) is 20.8 Å². The van der Waals surface area contributed by atoms with Gasteiger partial charge < -0.3 is 9.88 Å². The van der Waals surface area contributed by atoms with Gasteiger partial charge in [-0.3, -0.25) is 5.10 Å². The highest BCUT2D eigenvalue weighted by Crippen LogP contribution is 2.12. The zero-order valence-electron chi connectivity index (χ0n) is 12.4. The Balaban J connectivity index is 1.72. The van der Waals surface area contributed by atoms with Crippen molar-refractivity contribution in [3.8, 4) is 0 Å². The van der Waals surface area contributed by atoms with E-state index in [4.69, 9.17) is 0 Å². The standard InChI is InChI=1S/C15H24N4/c1-11-8-15(13(3)19(11)4)9-16-7-5-6-14-10-17-18-12(14)2/h8,10,16H,5-7,9H2,1-4H3,(H,17,18). The van der Waals surface area contributed by atoms with Gasteiger partial charge in [-0.05, 0) is 57.4 Å². The molecule has 0 fully saturated rings. The molecule has 0 aromatic carbocycles. The maximum Gasteiger partial charge on any atom is 0.0522 e. The highest BCUT2D eigenvalue weighted by Gasteiger charge is 2.05. The Bertz CT molecular complexity index is 536. The Morgan fingerprint density at radius 2 is 2.05 bits per heavy atom. The highest BCUT2D eigenvalue weighted by atomic mass is 15.1. The first-order chi connectivity index (χ1) is 9.09. The van der Waals surface area contributed by atoms with Gasteiger partial charge in [-0.25, -0.2) is 0 Å². The zero-order valence-corrected chi connectivity index (χ0v) is 12.4. The highest BCUT2D eigenvalue weighted by molar-refractivity contribution is 5.26. The first-order valence-corrected chi connectivity index (χ1v) is 6.91. The predicted octanol–water partition coefficient (Wildman–Crippen LogP) is 2.40. The molecule has 0 unspecified atom stereocenters. The molecule has 2 N–H and O–H groups in total. The van der Waals surface area contributed by atoms with E-state index < -0.39 is 0 Å². The van der Waals surface area contributed by atoms with E-state index in [0.29, 0.717) is 0 Å². The van der Waals surface area contributed by atoms with Crippen LogP contribution >= 0.6 is 0 Å². The Morgan fingerprint density at radius 3 is 2.63 bits per heavy atom. The second kappa shape index (κ2) is 6.06. The molecule has 0 saturated carbocycles. The molecule has 2 aromatic heterocycles. The molecule has 19 heavy (non-hydrogen) atoms. The number of rotatable bonds is 6. The largest absolute Gasteiger partial charge is 0.352 e. The lowest BCUT2D eigenvalue weighted by molar-refractivity contribution is 0.645. The van der Waals surface area contributed by atoms with E-state index in [1.807, 2.05) is 6.20 Å². The minimum Gasteiger partial charge on any atom is -0.352 e. The number of aromatic nitrogens is 3. The normalized spacial score (nSPS) is 11.2. The maximum atomic E-state index is 4.04. The quantitative estimate of drug-likeness (QED) is 0.783. The van der Waals surface area contributed by atoms with E-state index in [1.54, 1.807) is 0 Å². The SMILES string of the molecule is Cc1[nH]ncc1CCCNCc1cc(C)n(C)c1C. The monoisotopic (exact) mass is 260 g/mol. The molecular formula is C15H24N4. The van der Waals surface area contributed by atoms with Gasteiger partial charge in [-0.2, -0.15) is 5.10 Å². The van der Waals surface area contributed by atoms with Crippen molar-refractivity contribution in [3.63, 3.8) is 0 Å². The summed E-state index contributed by atoms with van der Waals surface area (Å²) in [6.07, 6.45) is 4.16. The first-order valence-electron chi connectivity index (χ1n) is 6.91. The van der Waals surface area contributed by atoms with Gasteiger partial charge in [0.05, 0.1) is 6.20 Å². The number of H-pyrrole nitrogens is 1. The third-order valence-corrected chi connectivity index (χ3v) is 3.93. The van der Waals surface area contributed by atoms with Gasteiger partial charge in [0.1, 0.15) is 0 Å². The van der Waals surface area contributed by atoms with Crippen LogP contribution in [0.3, 0.4) is 0 Å². The number of nitrogens with zero attached hydrogens (tertiary/aromatic N) is 2. The van der Waals surface area contributed by atoms with Crippen LogP contribution < -0.4 is 5.32 Å². The van der Waals surface area contributed by atoms with Crippen molar-refractivity contribution < 1.29 is 0 Å². The van der Waals surface area contributed by atoms with Gasteiger partial charge in [-0.1, -0.05) is 0 Å². The number of aromatic amines is 1. The third-order valence-electron chi connectivity index (χ3n) is 3.93. The predicted molar refractivity (Wildman–Crippen MR) is 78.2 cm³/mol. The van der Waals surface area contributed by atoms with Crippen LogP contribution in [0.1, 0.15) is 34.6 Å². The van der Waals surface area contributed by atoms with E-state index in [1.165, 1.54) is 28.2 Å². The summed E-state index contributed by atoms with van der Waals surface area (Å²) in [7, 11) is 2.12. The molecular weight excluding hydrogens is 236 g/mol. The molecule has 2 heterocycles. The van der Waals surface area contributed by atoms with E-state index in [-0.39, 0.29) is 0 Å². The topological polar surface area (TPSA) is 45.6 Å². The van der Waals surface area contributed by atoms with E-state index >= 15 is 0 Å². The van der Waals surface area contributed by atoms with Gasteiger partial charge in [0.25, 0.3) is 0 Å². The summed E-state index contributed by atoms with van der Waals surface area (Å²) in [4.78, 5) is 0. The second-order valence-electron chi connectivity index (χ2n) is 5.26. The average molecular weight is 260 g/mol. The fourth-order valence-electron chi connectivity index (χ4n) is 2.37. The Labute approximate surface area is 115 Å². The molecule has 0 spiro atoms. The maximum absolute atomic E-state index is 4.04. The molecule has 104 valence electrons. The zero-order chi connectivity index (χ0) is 13.8. The molecule has 4 heteroatoms. The summed E-state index contributed by atoms with van der Waals surface area (Å²) in [6.45, 7) is 8.40. The molecule has 0 aliphatic rings. The molecule has 0 aliphatic carbocycles. The molecule has 0 radical (unpaired) electrons. The molecule has 2 aromatic rings. The Hall–Kier alpha value is -1.55. The van der Waals surface area contributed by atoms with Crippen LogP contribution in [0.25, 0.3) is 0 Å². The fourth-order valence-corrected chi connectivity index (χ4v) is 2.37. The molecule has 0 atom stereocenters. The van der Waals surface area contributed by atoms with Crippen molar-refractivity contribution in [1.82, 2.24) is 20.1 Å². The molecule has 4 nitrogen and oxygen atoms in total. The lowest BCUT2D eigenvalue weighted by Crippen LogP contribution is -2.15. The summed E-state index contributed by atoms with van der Waals surface area (Å²) in [5.74, 6) is 0. The third kappa shape index (κ3) is 3.26. The van der Waals surface area contributed by atoms with Crippen LogP contribution in [-0.4, -0.2) is 21.3 Å². The lowest BCUT2D eigenvalue weighted by atomic mass is 10.1. The average Bonchev–Trinajstić information content (AvgIpc) is 2.89. The summed E-state index contributed by atoms with van der Waals surface area (Å²) in [6, 6.07) is 2.27. The minimum atomic E-state index is 0.956. The summed E-state index contributed by atoms with van der Waals surface area (Å²) >= 11 is 0. The number of nitrogens with one attached hydrogen (secondary N) is 2. The Morgan fingerprint density at radius 1 is 1.26 bits per heavy atom. The molecule has 0 bridgehead atoms. The summed E-state index contributed by atoms with van der Waals surface area (Å²) in [5.41, 5.74) is 6.60. The van der Waals surface area contributed by atoms with Crippen LogP contribution in [0.2, 0.25) is 0 Å². The molecule has 0 aliphatic heterocycles. The van der Waals surface area contributed by atoms with Crippen LogP contribution in [0.4, 0.5) is 0 Å². The summed E-state index contributed by atoms with van der Waals surface area (Å²) < 4.78 is 2.24. The van der Waals surface area contributed by atoms with Gasteiger partial charge in [-0.15, -0.1) is 0 Å². The second-order valence-corrected chi connectivity index (χ2v) is 5.26. The van der Waals surface area contributed by atoms with Crippen molar-refractivity contribution in [3.05, 3.63) is 40.5 Å². The minimum absolute atomic E-state index is 0.956. The van der Waals surface area contributed by atoms with Gasteiger partial charge in [0.15, 0.2) is 0 Å². The number of aryl methyl sites for hydroxylation is 3. The van der Waals surface area contributed by atoms with Crippen molar-refractivity contribution in [2.75, 3.05) is 6.54 Å². The van der Waals surface area contributed by atoms with Gasteiger partial charge in [0, 0.05) is 30.7 Å². The first kappa shape index (κ1) is 13.9. The number of hydrogen-bond donors (Lipinski definition) is 2. The molecule has 2 rings (SSSR count). The van der Waals surface area contributed by atoms with E-state index in [9.17, 15) is 0 Å². The van der Waals surface area contributed by atoms with Gasteiger partial charge >= 0.3 is 0 Å². The number of hydrogen-bond acceptors (Lipinski definition) is 2. The van der Waals surface area contributed by atoms with E-state index in [2.05, 4.69) is 54.0 Å². The smallest absolute Gasteiger partial charge is 0.0522 e. The Kier molecular flexibility index (Phi) is 4.43. The van der Waals surface area contributed by atoms with Crippen LogP contribution in [0.15, 0.2) is 12.3 Å². The molecule has 0 amide bonds. The van der Waals surface area contributed by atoms with Crippen molar-refractivity contribution in [2.45, 2.75) is 40.2 Å². The van der Waals surface area contributed by atoms with Crippen LogP contribution in [-0.2, 0) is 20.0 Å². The lowest BCUT2D eigenvalue weighted by Gasteiger charge is -2.05. The summed E-state index contributed by atoms with van der Waals surface area (Å²) in [5, 5.41) is 10.5. The van der Waals surface area contributed by atoms with Crippen molar-refractivity contribution in [2.24, 2.45) is 7.05 Å². The van der Waals surface area contributed by atoms with E-state index in [0.717, 1.165) is 25.9 Å². The van der Waals surface area contributed by atoms with Crippen LogP contribution in [0.5, 0.6) is 0 Å². The van der Waals surface area contributed by atoms with Crippen molar-refractivity contribution in [1.29, 1.82) is 0 Å².